The molecule has 0 aliphatic rings. The lowest BCUT2D eigenvalue weighted by molar-refractivity contribution is -0.116. The summed E-state index contributed by atoms with van der Waals surface area (Å²) in [6.45, 7) is 3.07. The molecule has 2 N–H and O–H groups in total. The van der Waals surface area contributed by atoms with Crippen LogP contribution < -0.4 is 5.32 Å². The van der Waals surface area contributed by atoms with Crippen LogP contribution in [-0.4, -0.2) is 30.2 Å². The minimum absolute atomic E-state index is 0.133. The molecule has 1 amide bonds. The average Bonchev–Trinajstić information content (AvgIpc) is 2.72. The van der Waals surface area contributed by atoms with E-state index in [1.807, 2.05) is 6.92 Å². The number of hydrogen-bond donors (Lipinski definition) is 2. The van der Waals surface area contributed by atoms with Gasteiger partial charge in [0.1, 0.15) is 5.00 Å². The summed E-state index contributed by atoms with van der Waals surface area (Å²) < 4.78 is 5.11. The Hall–Kier alpha value is -1.40. The standard InChI is InChI=1S/C11H15NO4S/c1-2-16-6-3-4-9(13)12-10-8(11(14)15)5-7-17-10/h5,7H,2-4,6H2,1H3,(H,12,13)(H,14,15). The van der Waals surface area contributed by atoms with Crippen molar-refractivity contribution >= 4 is 28.2 Å². The van der Waals surface area contributed by atoms with Gasteiger partial charge in [-0.1, -0.05) is 0 Å². The zero-order chi connectivity index (χ0) is 12.7. The lowest BCUT2D eigenvalue weighted by Gasteiger charge is -2.04. The Labute approximate surface area is 103 Å². The van der Waals surface area contributed by atoms with E-state index in [1.54, 1.807) is 5.38 Å². The van der Waals surface area contributed by atoms with E-state index in [0.29, 0.717) is 31.1 Å². The molecule has 1 aromatic rings. The molecule has 5 nitrogen and oxygen atoms in total. The van der Waals surface area contributed by atoms with Gasteiger partial charge in [-0.25, -0.2) is 4.79 Å². The number of aromatic carboxylic acids is 1. The third kappa shape index (κ3) is 4.54. The van der Waals surface area contributed by atoms with E-state index in [-0.39, 0.29) is 11.5 Å². The number of carbonyl (C=O) groups excluding carboxylic acids is 1. The molecule has 0 fully saturated rings. The first-order valence-corrected chi connectivity index (χ1v) is 6.21. The van der Waals surface area contributed by atoms with Gasteiger partial charge in [0.05, 0.1) is 5.56 Å². The summed E-state index contributed by atoms with van der Waals surface area (Å²) in [4.78, 5) is 22.3. The fourth-order valence-corrected chi connectivity index (χ4v) is 2.04. The molecule has 0 aliphatic heterocycles. The van der Waals surface area contributed by atoms with E-state index < -0.39 is 5.97 Å². The quantitative estimate of drug-likeness (QED) is 0.734. The summed E-state index contributed by atoms with van der Waals surface area (Å²) in [5, 5.41) is 13.5. The van der Waals surface area contributed by atoms with Crippen molar-refractivity contribution < 1.29 is 19.4 Å². The van der Waals surface area contributed by atoms with E-state index in [0.717, 1.165) is 0 Å². The molecule has 0 atom stereocenters. The van der Waals surface area contributed by atoms with Crippen LogP contribution in [0, 0.1) is 0 Å². The maximum Gasteiger partial charge on any atom is 0.338 e. The highest BCUT2D eigenvalue weighted by Crippen LogP contribution is 2.23. The molecule has 0 saturated carbocycles. The van der Waals surface area contributed by atoms with Gasteiger partial charge < -0.3 is 15.2 Å². The van der Waals surface area contributed by atoms with Crippen LogP contribution in [0.15, 0.2) is 11.4 Å². The van der Waals surface area contributed by atoms with Crippen molar-refractivity contribution in [1.29, 1.82) is 0 Å². The maximum atomic E-state index is 11.5. The highest BCUT2D eigenvalue weighted by molar-refractivity contribution is 7.14. The number of rotatable bonds is 7. The molecule has 0 spiro atoms. The van der Waals surface area contributed by atoms with Crippen LogP contribution >= 0.6 is 11.3 Å². The SMILES string of the molecule is CCOCCCC(=O)Nc1sccc1C(=O)O. The summed E-state index contributed by atoms with van der Waals surface area (Å²) in [5.74, 6) is -1.22. The molecular weight excluding hydrogens is 242 g/mol. The predicted molar refractivity (Wildman–Crippen MR) is 65.6 cm³/mol. The van der Waals surface area contributed by atoms with Gasteiger partial charge in [0, 0.05) is 19.6 Å². The number of nitrogens with one attached hydrogen (secondary N) is 1. The Morgan fingerprint density at radius 3 is 2.94 bits per heavy atom. The molecule has 0 bridgehead atoms. The normalized spacial score (nSPS) is 10.2. The minimum Gasteiger partial charge on any atom is -0.478 e. The first kappa shape index (κ1) is 13.7. The van der Waals surface area contributed by atoms with Gasteiger partial charge in [-0.2, -0.15) is 0 Å². The van der Waals surface area contributed by atoms with Crippen molar-refractivity contribution in [3.8, 4) is 0 Å². The summed E-state index contributed by atoms with van der Waals surface area (Å²) in [5.41, 5.74) is 0.133. The Morgan fingerprint density at radius 1 is 1.53 bits per heavy atom. The third-order valence-electron chi connectivity index (χ3n) is 2.05. The first-order chi connectivity index (χ1) is 8.15. The van der Waals surface area contributed by atoms with Crippen molar-refractivity contribution in [1.82, 2.24) is 0 Å². The average molecular weight is 257 g/mol. The summed E-state index contributed by atoms with van der Waals surface area (Å²) in [7, 11) is 0. The van der Waals surface area contributed by atoms with Gasteiger partial charge in [0.15, 0.2) is 0 Å². The van der Waals surface area contributed by atoms with Crippen molar-refractivity contribution in [2.24, 2.45) is 0 Å². The van der Waals surface area contributed by atoms with Crippen LogP contribution in [-0.2, 0) is 9.53 Å². The van der Waals surface area contributed by atoms with E-state index in [2.05, 4.69) is 5.32 Å². The molecule has 17 heavy (non-hydrogen) atoms. The highest BCUT2D eigenvalue weighted by Gasteiger charge is 2.13. The molecule has 6 heteroatoms. The van der Waals surface area contributed by atoms with Crippen molar-refractivity contribution in [3.63, 3.8) is 0 Å². The zero-order valence-electron chi connectivity index (χ0n) is 9.56. The van der Waals surface area contributed by atoms with Crippen LogP contribution in [0.5, 0.6) is 0 Å². The van der Waals surface area contributed by atoms with Gasteiger partial charge >= 0.3 is 5.97 Å². The van der Waals surface area contributed by atoms with Crippen LogP contribution in [0.25, 0.3) is 0 Å². The minimum atomic E-state index is -1.03. The van der Waals surface area contributed by atoms with Gasteiger partial charge in [0.25, 0.3) is 0 Å². The number of ether oxygens (including phenoxy) is 1. The number of carbonyl (C=O) groups is 2. The number of thiophene rings is 1. The van der Waals surface area contributed by atoms with E-state index in [4.69, 9.17) is 9.84 Å². The van der Waals surface area contributed by atoms with Gasteiger partial charge in [-0.15, -0.1) is 11.3 Å². The van der Waals surface area contributed by atoms with Gasteiger partial charge in [-0.05, 0) is 24.8 Å². The Morgan fingerprint density at radius 2 is 2.29 bits per heavy atom. The zero-order valence-corrected chi connectivity index (χ0v) is 10.4. The number of carboxylic acids is 1. The molecule has 0 saturated heterocycles. The number of amides is 1. The molecule has 94 valence electrons. The molecule has 1 heterocycles. The summed E-state index contributed by atoms with van der Waals surface area (Å²) in [6.07, 6.45) is 0.963. The summed E-state index contributed by atoms with van der Waals surface area (Å²) >= 11 is 1.21. The lowest BCUT2D eigenvalue weighted by Crippen LogP contribution is -2.13. The Kier molecular flexibility index (Phi) is 5.65. The number of hydrogen-bond acceptors (Lipinski definition) is 4. The van der Waals surface area contributed by atoms with E-state index >= 15 is 0 Å². The maximum absolute atomic E-state index is 11.5. The van der Waals surface area contributed by atoms with Crippen molar-refractivity contribution in [3.05, 3.63) is 17.0 Å². The smallest absolute Gasteiger partial charge is 0.338 e. The third-order valence-corrected chi connectivity index (χ3v) is 2.88. The second-order valence-corrected chi connectivity index (χ2v) is 4.23. The summed E-state index contributed by atoms with van der Waals surface area (Å²) in [6, 6.07) is 1.48. The van der Waals surface area contributed by atoms with Gasteiger partial charge in [0.2, 0.25) is 5.91 Å². The molecule has 1 aromatic heterocycles. The number of carboxylic acid groups (broad SMARTS) is 1. The predicted octanol–water partition coefficient (Wildman–Crippen LogP) is 2.20. The lowest BCUT2D eigenvalue weighted by atomic mass is 10.3. The molecule has 0 radical (unpaired) electrons. The largest absolute Gasteiger partial charge is 0.478 e. The topological polar surface area (TPSA) is 75.6 Å². The molecule has 0 aliphatic carbocycles. The highest BCUT2D eigenvalue weighted by atomic mass is 32.1. The molecular formula is C11H15NO4S. The molecule has 1 rings (SSSR count). The fourth-order valence-electron chi connectivity index (χ4n) is 1.24. The molecule has 0 unspecified atom stereocenters. The van der Waals surface area contributed by atoms with Crippen LogP contribution in [0.2, 0.25) is 0 Å². The van der Waals surface area contributed by atoms with Crippen LogP contribution in [0.1, 0.15) is 30.1 Å². The monoisotopic (exact) mass is 257 g/mol. The second-order valence-electron chi connectivity index (χ2n) is 3.32. The van der Waals surface area contributed by atoms with E-state index in [9.17, 15) is 9.59 Å². The fraction of sp³-hybridized carbons (Fsp3) is 0.455. The van der Waals surface area contributed by atoms with Crippen LogP contribution in [0.4, 0.5) is 5.00 Å². The second kappa shape index (κ2) is 7.03. The van der Waals surface area contributed by atoms with Crippen molar-refractivity contribution in [2.45, 2.75) is 19.8 Å². The first-order valence-electron chi connectivity index (χ1n) is 5.33. The van der Waals surface area contributed by atoms with E-state index in [1.165, 1.54) is 17.4 Å². The number of anilines is 1. The Balaban J connectivity index is 2.40. The Bertz CT molecular complexity index is 389. The van der Waals surface area contributed by atoms with Crippen LogP contribution in [0.3, 0.4) is 0 Å². The molecule has 0 aromatic carbocycles. The van der Waals surface area contributed by atoms with Crippen molar-refractivity contribution in [2.75, 3.05) is 18.5 Å². The van der Waals surface area contributed by atoms with Gasteiger partial charge in [-0.3, -0.25) is 4.79 Å².